The molecular weight excluding hydrogens is 146 g/mol. The minimum atomic E-state index is 0.236. The summed E-state index contributed by atoms with van der Waals surface area (Å²) < 4.78 is 0. The molecule has 2 nitrogen and oxygen atoms in total. The first-order chi connectivity index (χ1) is 4.84. The minimum absolute atomic E-state index is 0.236. The van der Waals surface area contributed by atoms with E-state index >= 15 is 0 Å². The van der Waals surface area contributed by atoms with Crippen LogP contribution in [0.5, 0.6) is 0 Å². The van der Waals surface area contributed by atoms with Crippen molar-refractivity contribution < 1.29 is 4.79 Å². The molecule has 0 bridgehead atoms. The lowest BCUT2D eigenvalue weighted by molar-refractivity contribution is 0.211. The van der Waals surface area contributed by atoms with Gasteiger partial charge in [0.15, 0.2) is 0 Å². The molecule has 0 aromatic carbocycles. The Bertz CT molecular complexity index is 121. The Kier molecular flexibility index (Phi) is 3.06. The van der Waals surface area contributed by atoms with Gasteiger partial charge in [-0.05, 0) is 25.5 Å². The summed E-state index contributed by atoms with van der Waals surface area (Å²) in [6.45, 7) is 1.94. The molecule has 1 rings (SSSR count). The van der Waals surface area contributed by atoms with Crippen molar-refractivity contribution in [2.24, 2.45) is 0 Å². The lowest BCUT2D eigenvalue weighted by Gasteiger charge is -2.25. The molecule has 0 N–H and O–H groups in total. The molecule has 0 aliphatic carbocycles. The molecule has 3 heteroatoms. The number of amides is 1. The number of piperidine rings is 1. The zero-order valence-electron chi connectivity index (χ0n) is 6.30. The Hall–Kier alpha value is -0.180. The van der Waals surface area contributed by atoms with Crippen molar-refractivity contribution in [2.45, 2.75) is 19.3 Å². The van der Waals surface area contributed by atoms with Gasteiger partial charge in [-0.25, -0.2) is 0 Å². The molecule has 10 heavy (non-hydrogen) atoms. The van der Waals surface area contributed by atoms with E-state index in [4.69, 9.17) is 0 Å². The Morgan fingerprint density at radius 1 is 1.30 bits per heavy atom. The Morgan fingerprint density at radius 3 is 2.40 bits per heavy atom. The number of carbonyl (C=O) groups is 1. The fourth-order valence-electron chi connectivity index (χ4n) is 1.21. The molecule has 1 heterocycles. The molecule has 0 saturated carbocycles. The summed E-state index contributed by atoms with van der Waals surface area (Å²) in [5, 5.41) is 0.236. The summed E-state index contributed by atoms with van der Waals surface area (Å²) in [5.74, 6) is 0. The minimum Gasteiger partial charge on any atom is -0.334 e. The highest BCUT2D eigenvalue weighted by molar-refractivity contribution is 8.12. The van der Waals surface area contributed by atoms with Crippen molar-refractivity contribution in [3.63, 3.8) is 0 Å². The highest BCUT2D eigenvalue weighted by Crippen LogP contribution is 2.13. The third-order valence-corrected chi connectivity index (χ3v) is 2.40. The smallest absolute Gasteiger partial charge is 0.281 e. The van der Waals surface area contributed by atoms with Gasteiger partial charge in [0, 0.05) is 13.1 Å². The molecule has 1 amide bonds. The molecule has 1 fully saturated rings. The third-order valence-electron chi connectivity index (χ3n) is 1.79. The second-order valence-corrected chi connectivity index (χ2v) is 3.28. The van der Waals surface area contributed by atoms with Crippen LogP contribution in [0.1, 0.15) is 19.3 Å². The topological polar surface area (TPSA) is 20.3 Å². The van der Waals surface area contributed by atoms with E-state index in [1.54, 1.807) is 0 Å². The van der Waals surface area contributed by atoms with Crippen LogP contribution in [0.15, 0.2) is 0 Å². The number of likely N-dealkylation sites (tertiary alicyclic amines) is 1. The van der Waals surface area contributed by atoms with Gasteiger partial charge in [-0.1, -0.05) is 11.8 Å². The number of hydrogen-bond donors (Lipinski definition) is 0. The van der Waals surface area contributed by atoms with Gasteiger partial charge in [-0.3, -0.25) is 4.79 Å². The van der Waals surface area contributed by atoms with Crippen LogP contribution in [-0.2, 0) is 0 Å². The third kappa shape index (κ3) is 1.90. The van der Waals surface area contributed by atoms with Crippen molar-refractivity contribution >= 4 is 17.0 Å². The van der Waals surface area contributed by atoms with E-state index in [1.807, 2.05) is 11.2 Å². The van der Waals surface area contributed by atoms with Gasteiger partial charge < -0.3 is 4.90 Å². The maximum absolute atomic E-state index is 11.1. The molecule has 0 radical (unpaired) electrons. The molecule has 0 spiro atoms. The fraction of sp³-hybridized carbons (Fsp3) is 0.857. The largest absolute Gasteiger partial charge is 0.334 e. The van der Waals surface area contributed by atoms with Crippen LogP contribution in [0, 0.1) is 0 Å². The summed E-state index contributed by atoms with van der Waals surface area (Å²) in [5.41, 5.74) is 0. The first-order valence-electron chi connectivity index (χ1n) is 3.67. The summed E-state index contributed by atoms with van der Waals surface area (Å²) in [4.78, 5) is 13.0. The van der Waals surface area contributed by atoms with E-state index in [0.29, 0.717) is 0 Å². The Morgan fingerprint density at radius 2 is 1.90 bits per heavy atom. The van der Waals surface area contributed by atoms with Gasteiger partial charge >= 0.3 is 0 Å². The summed E-state index contributed by atoms with van der Waals surface area (Å²) >= 11 is 1.32. The number of nitrogens with zero attached hydrogens (tertiary/aromatic N) is 1. The van der Waals surface area contributed by atoms with Gasteiger partial charge in [0.25, 0.3) is 5.24 Å². The predicted octanol–water partition coefficient (Wildman–Crippen LogP) is 1.96. The van der Waals surface area contributed by atoms with Crippen LogP contribution in [0.3, 0.4) is 0 Å². The number of rotatable bonds is 0. The average molecular weight is 159 g/mol. The second kappa shape index (κ2) is 3.86. The summed E-state index contributed by atoms with van der Waals surface area (Å²) in [6.07, 6.45) is 5.51. The van der Waals surface area contributed by atoms with Crippen LogP contribution >= 0.6 is 11.8 Å². The number of carbonyl (C=O) groups excluding carboxylic acids is 1. The van der Waals surface area contributed by atoms with Gasteiger partial charge in [-0.2, -0.15) is 0 Å². The van der Waals surface area contributed by atoms with Crippen molar-refractivity contribution in [3.05, 3.63) is 0 Å². The van der Waals surface area contributed by atoms with Crippen molar-refractivity contribution in [3.8, 4) is 0 Å². The first kappa shape index (κ1) is 7.92. The maximum Gasteiger partial charge on any atom is 0.281 e. The molecule has 0 atom stereocenters. The molecule has 1 saturated heterocycles. The Balaban J connectivity index is 2.31. The van der Waals surface area contributed by atoms with Crippen LogP contribution in [-0.4, -0.2) is 29.5 Å². The standard InChI is InChI=1S/C7H13NOS/c1-10-7(9)8-5-3-2-4-6-8/h2-6H2,1H3. The average Bonchev–Trinajstić information content (AvgIpc) is 2.05. The normalized spacial score (nSPS) is 19.1. The highest BCUT2D eigenvalue weighted by Gasteiger charge is 2.14. The molecule has 0 aromatic heterocycles. The zero-order chi connectivity index (χ0) is 7.40. The zero-order valence-corrected chi connectivity index (χ0v) is 7.12. The quantitative estimate of drug-likeness (QED) is 0.538. The fourth-order valence-corrected chi connectivity index (χ4v) is 1.65. The molecule has 1 aliphatic heterocycles. The lowest BCUT2D eigenvalue weighted by atomic mass is 10.1. The number of hydrogen-bond acceptors (Lipinski definition) is 2. The summed E-state index contributed by atoms with van der Waals surface area (Å²) in [7, 11) is 0. The second-order valence-electron chi connectivity index (χ2n) is 2.52. The van der Waals surface area contributed by atoms with Gasteiger partial charge in [0.1, 0.15) is 0 Å². The van der Waals surface area contributed by atoms with Gasteiger partial charge in [0.2, 0.25) is 0 Å². The molecule has 58 valence electrons. The van der Waals surface area contributed by atoms with E-state index in [-0.39, 0.29) is 5.24 Å². The SMILES string of the molecule is CSC(=O)N1CCCCC1. The number of thioether (sulfide) groups is 1. The monoisotopic (exact) mass is 159 g/mol. The van der Waals surface area contributed by atoms with Crippen LogP contribution < -0.4 is 0 Å². The van der Waals surface area contributed by atoms with Crippen molar-refractivity contribution in [1.29, 1.82) is 0 Å². The molecule has 1 aliphatic rings. The van der Waals surface area contributed by atoms with Crippen molar-refractivity contribution in [1.82, 2.24) is 4.90 Å². The molecule has 0 aromatic rings. The summed E-state index contributed by atoms with van der Waals surface area (Å²) in [6, 6.07) is 0. The Labute approximate surface area is 66.0 Å². The lowest BCUT2D eigenvalue weighted by Crippen LogP contribution is -2.32. The van der Waals surface area contributed by atoms with E-state index < -0.39 is 0 Å². The van der Waals surface area contributed by atoms with Crippen LogP contribution in [0.25, 0.3) is 0 Å². The van der Waals surface area contributed by atoms with E-state index in [2.05, 4.69) is 0 Å². The van der Waals surface area contributed by atoms with Gasteiger partial charge in [-0.15, -0.1) is 0 Å². The highest BCUT2D eigenvalue weighted by atomic mass is 32.2. The first-order valence-corrected chi connectivity index (χ1v) is 4.90. The molecule has 0 unspecified atom stereocenters. The van der Waals surface area contributed by atoms with Crippen molar-refractivity contribution in [2.75, 3.05) is 19.3 Å². The van der Waals surface area contributed by atoms with E-state index in [1.165, 1.54) is 31.0 Å². The van der Waals surface area contributed by atoms with E-state index in [0.717, 1.165) is 13.1 Å². The molecular formula is C7H13NOS. The maximum atomic E-state index is 11.1. The van der Waals surface area contributed by atoms with Crippen LogP contribution in [0.2, 0.25) is 0 Å². The van der Waals surface area contributed by atoms with E-state index in [9.17, 15) is 4.79 Å². The van der Waals surface area contributed by atoms with Crippen LogP contribution in [0.4, 0.5) is 4.79 Å². The predicted molar refractivity (Wildman–Crippen MR) is 44.3 cm³/mol. The van der Waals surface area contributed by atoms with Gasteiger partial charge in [0.05, 0.1) is 0 Å².